The molecule has 0 aliphatic carbocycles. The number of halogens is 1. The minimum Gasteiger partial charge on any atom is -0.371 e. The molecule has 1 aliphatic rings. The lowest BCUT2D eigenvalue weighted by atomic mass is 10.0. The van der Waals surface area contributed by atoms with E-state index in [1.807, 2.05) is 19.1 Å². The topological polar surface area (TPSA) is 59.9 Å². The molecule has 2 aromatic heterocycles. The molecule has 21 heavy (non-hydrogen) atoms. The van der Waals surface area contributed by atoms with E-state index in [0.29, 0.717) is 18.7 Å². The zero-order valence-corrected chi connectivity index (χ0v) is 11.8. The van der Waals surface area contributed by atoms with Crippen molar-refractivity contribution < 1.29 is 9.13 Å². The maximum atomic E-state index is 14.2. The summed E-state index contributed by atoms with van der Waals surface area (Å²) in [4.78, 5) is 12.1. The number of aryl methyl sites for hydroxylation is 1. The second-order valence-corrected chi connectivity index (χ2v) is 4.95. The molecule has 0 amide bonds. The van der Waals surface area contributed by atoms with E-state index in [1.165, 1.54) is 6.33 Å². The van der Waals surface area contributed by atoms with Crippen molar-refractivity contribution >= 4 is 5.82 Å². The fraction of sp³-hybridized carbons (Fsp3) is 0.400. The fourth-order valence-corrected chi connectivity index (χ4v) is 2.54. The van der Waals surface area contributed by atoms with Gasteiger partial charge in [-0.2, -0.15) is 0 Å². The van der Waals surface area contributed by atoms with Crippen LogP contribution >= 0.6 is 0 Å². The monoisotopic (exact) mass is 288 g/mol. The largest absolute Gasteiger partial charge is 0.371 e. The quantitative estimate of drug-likeness (QED) is 0.936. The van der Waals surface area contributed by atoms with Gasteiger partial charge in [-0.05, 0) is 18.9 Å². The van der Waals surface area contributed by atoms with Gasteiger partial charge in [0, 0.05) is 24.6 Å². The van der Waals surface area contributed by atoms with Crippen LogP contribution in [0.15, 0.2) is 30.9 Å². The molecule has 3 rings (SSSR count). The van der Waals surface area contributed by atoms with E-state index >= 15 is 0 Å². The number of ether oxygens (including phenoxy) is 1. The lowest BCUT2D eigenvalue weighted by Crippen LogP contribution is -2.25. The van der Waals surface area contributed by atoms with Crippen molar-refractivity contribution in [1.29, 1.82) is 0 Å². The van der Waals surface area contributed by atoms with Crippen molar-refractivity contribution in [2.45, 2.75) is 31.9 Å². The third-order valence-corrected chi connectivity index (χ3v) is 3.62. The first-order valence-corrected chi connectivity index (χ1v) is 7.07. The van der Waals surface area contributed by atoms with E-state index in [4.69, 9.17) is 4.74 Å². The average molecular weight is 288 g/mol. The van der Waals surface area contributed by atoms with Gasteiger partial charge in [-0.15, -0.1) is 0 Å². The Morgan fingerprint density at radius 2 is 2.33 bits per heavy atom. The van der Waals surface area contributed by atoms with Gasteiger partial charge in [0.05, 0.1) is 11.7 Å². The van der Waals surface area contributed by atoms with Crippen LogP contribution in [-0.4, -0.2) is 27.6 Å². The zero-order chi connectivity index (χ0) is 14.7. The summed E-state index contributed by atoms with van der Waals surface area (Å²) < 4.78 is 20.0. The van der Waals surface area contributed by atoms with Gasteiger partial charge in [-0.1, -0.05) is 13.0 Å². The molecule has 1 saturated heterocycles. The molecule has 0 unspecified atom stereocenters. The molecule has 1 N–H and O–H groups in total. The molecule has 0 bridgehead atoms. The number of hydrogen-bond acceptors (Lipinski definition) is 5. The molecule has 0 radical (unpaired) electrons. The summed E-state index contributed by atoms with van der Waals surface area (Å²) in [6, 6.07) is 3.81. The number of hydrogen-bond donors (Lipinski definition) is 1. The SMILES string of the molecule is CCc1ncnc(N[C@H]2CCO[C@@H]2c2cccnc2)c1F. The van der Waals surface area contributed by atoms with E-state index in [2.05, 4.69) is 20.3 Å². The molecule has 0 saturated carbocycles. The minimum atomic E-state index is -0.378. The molecule has 0 spiro atoms. The van der Waals surface area contributed by atoms with Crippen LogP contribution < -0.4 is 5.32 Å². The summed E-state index contributed by atoms with van der Waals surface area (Å²) in [5.74, 6) is -0.136. The highest BCUT2D eigenvalue weighted by atomic mass is 19.1. The van der Waals surface area contributed by atoms with Gasteiger partial charge >= 0.3 is 0 Å². The van der Waals surface area contributed by atoms with Crippen LogP contribution in [0.1, 0.15) is 30.7 Å². The smallest absolute Gasteiger partial charge is 0.186 e. The third kappa shape index (κ3) is 2.85. The van der Waals surface area contributed by atoms with Gasteiger partial charge in [0.2, 0.25) is 0 Å². The molecular formula is C15H17FN4O. The van der Waals surface area contributed by atoms with E-state index in [9.17, 15) is 4.39 Å². The highest BCUT2D eigenvalue weighted by molar-refractivity contribution is 5.39. The molecule has 6 heteroatoms. The van der Waals surface area contributed by atoms with Gasteiger partial charge in [-0.25, -0.2) is 14.4 Å². The van der Waals surface area contributed by atoms with Crippen molar-refractivity contribution in [3.63, 3.8) is 0 Å². The Bertz CT molecular complexity index is 608. The van der Waals surface area contributed by atoms with E-state index in [1.54, 1.807) is 12.4 Å². The maximum Gasteiger partial charge on any atom is 0.186 e. The summed E-state index contributed by atoms with van der Waals surface area (Å²) >= 11 is 0. The van der Waals surface area contributed by atoms with Crippen LogP contribution in [0, 0.1) is 5.82 Å². The van der Waals surface area contributed by atoms with Crippen molar-refractivity contribution in [3.05, 3.63) is 47.9 Å². The van der Waals surface area contributed by atoms with Crippen molar-refractivity contribution in [2.24, 2.45) is 0 Å². The van der Waals surface area contributed by atoms with Crippen LogP contribution in [0.25, 0.3) is 0 Å². The standard InChI is InChI=1S/C15H17FN4O/c1-2-11-13(16)15(19-9-18-11)20-12-5-7-21-14(12)10-4-3-6-17-8-10/h3-4,6,8-9,12,14H,2,5,7H2,1H3,(H,18,19,20)/t12-,14+/m0/s1. The number of anilines is 1. The molecule has 110 valence electrons. The highest BCUT2D eigenvalue weighted by Gasteiger charge is 2.30. The van der Waals surface area contributed by atoms with E-state index in [-0.39, 0.29) is 23.8 Å². The van der Waals surface area contributed by atoms with Crippen molar-refractivity contribution in [1.82, 2.24) is 15.0 Å². The van der Waals surface area contributed by atoms with Crippen molar-refractivity contribution in [3.8, 4) is 0 Å². The van der Waals surface area contributed by atoms with Gasteiger partial charge in [0.1, 0.15) is 12.4 Å². The minimum absolute atomic E-state index is 0.0247. The molecule has 2 aromatic rings. The number of aromatic nitrogens is 3. The van der Waals surface area contributed by atoms with Crippen molar-refractivity contribution in [2.75, 3.05) is 11.9 Å². The molecule has 3 heterocycles. The predicted molar refractivity (Wildman–Crippen MR) is 76.3 cm³/mol. The van der Waals surface area contributed by atoms with Crippen LogP contribution in [0.2, 0.25) is 0 Å². The molecule has 1 fully saturated rings. The molecular weight excluding hydrogens is 271 g/mol. The average Bonchev–Trinajstić information content (AvgIpc) is 2.98. The number of pyridine rings is 1. The third-order valence-electron chi connectivity index (χ3n) is 3.62. The van der Waals surface area contributed by atoms with Gasteiger partial charge < -0.3 is 10.1 Å². The number of nitrogens with zero attached hydrogens (tertiary/aromatic N) is 3. The first-order valence-electron chi connectivity index (χ1n) is 7.07. The first kappa shape index (κ1) is 13.9. The van der Waals surface area contributed by atoms with E-state index in [0.717, 1.165) is 12.0 Å². The predicted octanol–water partition coefficient (Wildman–Crippen LogP) is 2.52. The lowest BCUT2D eigenvalue weighted by molar-refractivity contribution is 0.107. The normalized spacial score (nSPS) is 21.4. The van der Waals surface area contributed by atoms with Crippen LogP contribution in [-0.2, 0) is 11.2 Å². The molecule has 5 nitrogen and oxygen atoms in total. The highest BCUT2D eigenvalue weighted by Crippen LogP contribution is 2.31. The number of rotatable bonds is 4. The summed E-state index contributed by atoms with van der Waals surface area (Å²) in [5.41, 5.74) is 1.40. The summed E-state index contributed by atoms with van der Waals surface area (Å²) in [6.45, 7) is 2.50. The van der Waals surface area contributed by atoms with Gasteiger partial charge in [0.15, 0.2) is 11.6 Å². The van der Waals surface area contributed by atoms with Crippen LogP contribution in [0.4, 0.5) is 10.2 Å². The maximum absolute atomic E-state index is 14.2. The lowest BCUT2D eigenvalue weighted by Gasteiger charge is -2.20. The summed E-state index contributed by atoms with van der Waals surface area (Å²) in [5, 5.41) is 3.15. The summed E-state index contributed by atoms with van der Waals surface area (Å²) in [7, 11) is 0. The Hall–Kier alpha value is -2.08. The fourth-order valence-electron chi connectivity index (χ4n) is 2.54. The molecule has 0 aromatic carbocycles. The Labute approximate surface area is 122 Å². The summed E-state index contributed by atoms with van der Waals surface area (Å²) in [6.07, 6.45) is 6.08. The second kappa shape index (κ2) is 6.13. The first-order chi connectivity index (χ1) is 10.3. The van der Waals surface area contributed by atoms with Gasteiger partial charge in [-0.3, -0.25) is 4.98 Å². The second-order valence-electron chi connectivity index (χ2n) is 4.95. The van der Waals surface area contributed by atoms with Crippen LogP contribution in [0.5, 0.6) is 0 Å². The van der Waals surface area contributed by atoms with Gasteiger partial charge in [0.25, 0.3) is 0 Å². The Morgan fingerprint density at radius 1 is 1.43 bits per heavy atom. The number of nitrogens with one attached hydrogen (secondary N) is 1. The Morgan fingerprint density at radius 3 is 3.10 bits per heavy atom. The Kier molecular flexibility index (Phi) is 4.06. The zero-order valence-electron chi connectivity index (χ0n) is 11.8. The van der Waals surface area contributed by atoms with E-state index < -0.39 is 0 Å². The molecule has 1 aliphatic heterocycles. The molecule has 2 atom stereocenters. The van der Waals surface area contributed by atoms with Crippen LogP contribution in [0.3, 0.4) is 0 Å². The Balaban J connectivity index is 1.81.